The highest BCUT2D eigenvalue weighted by atomic mass is 16.1. The Morgan fingerprint density at radius 2 is 1.77 bits per heavy atom. The maximum atomic E-state index is 13.0. The van der Waals surface area contributed by atoms with Gasteiger partial charge in [0.25, 0.3) is 5.91 Å². The molecule has 1 amide bonds. The van der Waals surface area contributed by atoms with Crippen molar-refractivity contribution in [1.82, 2.24) is 15.2 Å². The van der Waals surface area contributed by atoms with Crippen LogP contribution in [-0.4, -0.2) is 66.8 Å². The first-order chi connectivity index (χ1) is 17.1. The Hall–Kier alpha value is -2.67. The zero-order valence-corrected chi connectivity index (χ0v) is 21.4. The summed E-state index contributed by atoms with van der Waals surface area (Å²) in [5, 5.41) is 15.2. The Kier molecular flexibility index (Phi) is 11.3. The van der Waals surface area contributed by atoms with E-state index < -0.39 is 0 Å². The Bertz CT molecular complexity index is 838. The molecule has 2 saturated heterocycles. The van der Waals surface area contributed by atoms with Crippen LogP contribution < -0.4 is 15.5 Å². The number of anilines is 2. The number of carbonyl (C=O) groups excluding carboxylic acids is 1. The fourth-order valence-electron chi connectivity index (χ4n) is 4.88. The Labute approximate surface area is 211 Å². The van der Waals surface area contributed by atoms with Gasteiger partial charge in [-0.3, -0.25) is 15.1 Å². The van der Waals surface area contributed by atoms with E-state index in [1.54, 1.807) is 0 Å². The molecule has 3 N–H and O–H groups in total. The Morgan fingerprint density at radius 1 is 1.03 bits per heavy atom. The molecule has 0 bridgehead atoms. The molecule has 7 nitrogen and oxygen atoms in total. The van der Waals surface area contributed by atoms with E-state index in [2.05, 4.69) is 33.6 Å². The summed E-state index contributed by atoms with van der Waals surface area (Å²) in [5.74, 6) is 1.27. The van der Waals surface area contributed by atoms with Crippen LogP contribution in [0.4, 0.5) is 11.6 Å². The molecule has 3 heterocycles. The lowest BCUT2D eigenvalue weighted by atomic mass is 10.0. The van der Waals surface area contributed by atoms with Crippen LogP contribution in [0.2, 0.25) is 0 Å². The van der Waals surface area contributed by atoms with Gasteiger partial charge in [-0.1, -0.05) is 31.4 Å². The van der Waals surface area contributed by atoms with Crippen molar-refractivity contribution in [3.05, 3.63) is 43.0 Å². The summed E-state index contributed by atoms with van der Waals surface area (Å²) in [6.45, 7) is 13.2. The highest BCUT2D eigenvalue weighted by Crippen LogP contribution is 2.23. The van der Waals surface area contributed by atoms with Gasteiger partial charge in [0.15, 0.2) is 0 Å². The Morgan fingerprint density at radius 3 is 2.46 bits per heavy atom. The number of allylic oxidation sites excluding steroid dienone is 1. The summed E-state index contributed by atoms with van der Waals surface area (Å²) in [6.07, 6.45) is 14.9. The van der Waals surface area contributed by atoms with Crippen molar-refractivity contribution >= 4 is 23.3 Å². The maximum absolute atomic E-state index is 13.0. The highest BCUT2D eigenvalue weighted by Gasteiger charge is 2.24. The molecule has 2 fully saturated rings. The van der Waals surface area contributed by atoms with Crippen LogP contribution in [0.15, 0.2) is 37.4 Å². The summed E-state index contributed by atoms with van der Waals surface area (Å²) < 4.78 is 0. The number of unbranched alkanes of at least 4 members (excludes halogenated alkanes) is 3. The van der Waals surface area contributed by atoms with Gasteiger partial charge in [0.2, 0.25) is 0 Å². The minimum Gasteiger partial charge on any atom is -0.369 e. The number of hydrogen-bond acceptors (Lipinski definition) is 6. The fourth-order valence-corrected chi connectivity index (χ4v) is 4.88. The van der Waals surface area contributed by atoms with Gasteiger partial charge in [0.1, 0.15) is 17.3 Å². The first-order valence-electron chi connectivity index (χ1n) is 13.5. The third kappa shape index (κ3) is 8.49. The van der Waals surface area contributed by atoms with E-state index >= 15 is 0 Å². The van der Waals surface area contributed by atoms with Crippen LogP contribution in [-0.2, 0) is 4.79 Å². The van der Waals surface area contributed by atoms with E-state index in [1.165, 1.54) is 25.7 Å². The number of amides is 1. The first kappa shape index (κ1) is 26.9. The van der Waals surface area contributed by atoms with E-state index in [0.717, 1.165) is 83.6 Å². The van der Waals surface area contributed by atoms with Gasteiger partial charge in [-0.15, -0.1) is 13.2 Å². The smallest absolute Gasteiger partial charge is 0.270 e. The second kappa shape index (κ2) is 14.7. The van der Waals surface area contributed by atoms with Crippen molar-refractivity contribution in [2.75, 3.05) is 49.5 Å². The number of aromatic nitrogens is 1. The minimum atomic E-state index is -0.314. The van der Waals surface area contributed by atoms with Gasteiger partial charge in [-0.2, -0.15) is 0 Å². The first-order valence-corrected chi connectivity index (χ1v) is 13.5. The zero-order valence-electron chi connectivity index (χ0n) is 21.4. The van der Waals surface area contributed by atoms with Gasteiger partial charge in [0, 0.05) is 50.9 Å². The molecular formula is C28H44N6O. The molecule has 1 aromatic rings. The monoisotopic (exact) mass is 480 g/mol. The number of rotatable bonds is 13. The number of carbonyl (C=O) groups is 1. The van der Waals surface area contributed by atoms with Crippen LogP contribution in [0, 0.1) is 5.41 Å². The number of nitrogens with zero attached hydrogens (tertiary/aromatic N) is 3. The second-order valence-corrected chi connectivity index (χ2v) is 9.74. The van der Waals surface area contributed by atoms with Gasteiger partial charge in [-0.25, -0.2) is 4.98 Å². The standard InChI is InChI=1S/C28H44N6O/c1-3-5-6-7-10-17-30-27-24(13-14-25(32-27)34-19-11-8-9-12-20-34)26(29)28(35)31-23-15-21-33(18-4-2)22-16-23/h3-4,13-14,23,29H,1-2,5-12,15-22H2,(H,30,32)(H,31,35). The fraction of sp³-hybridized carbons (Fsp3) is 0.607. The number of pyridine rings is 1. The zero-order chi connectivity index (χ0) is 24.9. The number of hydrogen-bond donors (Lipinski definition) is 3. The van der Waals surface area contributed by atoms with Crippen LogP contribution in [0.3, 0.4) is 0 Å². The molecule has 0 aromatic carbocycles. The minimum absolute atomic E-state index is 0.0115. The van der Waals surface area contributed by atoms with E-state index in [4.69, 9.17) is 10.4 Å². The van der Waals surface area contributed by atoms with Crippen molar-refractivity contribution < 1.29 is 4.79 Å². The van der Waals surface area contributed by atoms with Crippen molar-refractivity contribution in [1.29, 1.82) is 5.41 Å². The quantitative estimate of drug-likeness (QED) is 0.215. The average Bonchev–Trinajstić information content (AvgIpc) is 3.17. The lowest BCUT2D eigenvalue weighted by Crippen LogP contribution is -2.46. The molecule has 2 aliphatic heterocycles. The molecular weight excluding hydrogens is 436 g/mol. The van der Waals surface area contributed by atoms with Crippen molar-refractivity contribution in [2.24, 2.45) is 0 Å². The normalized spacial score (nSPS) is 17.4. The molecule has 7 heteroatoms. The average molecular weight is 481 g/mol. The molecule has 2 aliphatic rings. The van der Waals surface area contributed by atoms with Crippen molar-refractivity contribution in [2.45, 2.75) is 70.3 Å². The van der Waals surface area contributed by atoms with Gasteiger partial charge < -0.3 is 15.5 Å². The molecule has 0 radical (unpaired) electrons. The van der Waals surface area contributed by atoms with Crippen molar-refractivity contribution in [3.63, 3.8) is 0 Å². The van der Waals surface area contributed by atoms with Crippen LogP contribution in [0.25, 0.3) is 0 Å². The molecule has 0 spiro atoms. The largest absolute Gasteiger partial charge is 0.369 e. The molecule has 35 heavy (non-hydrogen) atoms. The van der Waals surface area contributed by atoms with E-state index in [0.29, 0.717) is 11.4 Å². The number of nitrogens with one attached hydrogen (secondary N) is 3. The third-order valence-corrected chi connectivity index (χ3v) is 6.99. The maximum Gasteiger partial charge on any atom is 0.270 e. The topological polar surface area (TPSA) is 84.4 Å². The summed E-state index contributed by atoms with van der Waals surface area (Å²) in [4.78, 5) is 22.6. The third-order valence-electron chi connectivity index (χ3n) is 6.99. The predicted octanol–water partition coefficient (Wildman–Crippen LogP) is 4.75. The molecule has 0 atom stereocenters. The molecule has 0 saturated carbocycles. The molecule has 0 aliphatic carbocycles. The summed E-state index contributed by atoms with van der Waals surface area (Å²) in [6, 6.07) is 3.99. The van der Waals surface area contributed by atoms with Crippen LogP contribution >= 0.6 is 0 Å². The van der Waals surface area contributed by atoms with Crippen LogP contribution in [0.1, 0.15) is 69.8 Å². The van der Waals surface area contributed by atoms with E-state index in [9.17, 15) is 4.79 Å². The number of piperidine rings is 1. The predicted molar refractivity (Wildman–Crippen MR) is 147 cm³/mol. The lowest BCUT2D eigenvalue weighted by Gasteiger charge is -2.31. The van der Waals surface area contributed by atoms with E-state index in [-0.39, 0.29) is 17.7 Å². The summed E-state index contributed by atoms with van der Waals surface area (Å²) in [7, 11) is 0. The van der Waals surface area contributed by atoms with Gasteiger partial charge in [-0.05, 0) is 57.1 Å². The van der Waals surface area contributed by atoms with Crippen molar-refractivity contribution in [3.8, 4) is 0 Å². The summed E-state index contributed by atoms with van der Waals surface area (Å²) in [5.41, 5.74) is 0.568. The SMILES string of the molecule is C=CCCCCCNc1nc(N2CCCCCC2)ccc1C(=N)C(=O)NC1CCN(CC=C)CC1. The number of likely N-dealkylation sites (tertiary alicyclic amines) is 1. The highest BCUT2D eigenvalue weighted by molar-refractivity contribution is 6.45. The summed E-state index contributed by atoms with van der Waals surface area (Å²) >= 11 is 0. The van der Waals surface area contributed by atoms with Gasteiger partial charge in [0.05, 0.1) is 0 Å². The molecule has 0 unspecified atom stereocenters. The molecule has 3 rings (SSSR count). The molecule has 1 aromatic heterocycles. The van der Waals surface area contributed by atoms with Crippen LogP contribution in [0.5, 0.6) is 0 Å². The lowest BCUT2D eigenvalue weighted by molar-refractivity contribution is -0.115. The van der Waals surface area contributed by atoms with E-state index in [1.807, 2.05) is 24.3 Å². The van der Waals surface area contributed by atoms with Gasteiger partial charge >= 0.3 is 0 Å². The Balaban J connectivity index is 1.66. The second-order valence-electron chi connectivity index (χ2n) is 9.74. The molecule has 192 valence electrons.